The van der Waals surface area contributed by atoms with E-state index >= 15 is 0 Å². The smallest absolute Gasteiger partial charge is 0.129 e. The van der Waals surface area contributed by atoms with Crippen molar-refractivity contribution in [2.45, 2.75) is 13.8 Å². The zero-order valence-electron chi connectivity index (χ0n) is 12.3. The Morgan fingerprint density at radius 1 is 0.905 bits per heavy atom. The van der Waals surface area contributed by atoms with Crippen LogP contribution in [0.3, 0.4) is 0 Å². The fourth-order valence-electron chi connectivity index (χ4n) is 1.95. The lowest BCUT2D eigenvalue weighted by molar-refractivity contribution is 0.482. The first-order chi connectivity index (χ1) is 9.01. The van der Waals surface area contributed by atoms with Crippen LogP contribution in [0, 0.1) is 13.8 Å². The lowest BCUT2D eigenvalue weighted by atomic mass is 10.1. The molecule has 116 valence electrons. The number of aryl methyl sites for hydroxylation is 2. The summed E-state index contributed by atoms with van der Waals surface area (Å²) in [5, 5.41) is 3.03. The number of anilines is 3. The summed E-state index contributed by atoms with van der Waals surface area (Å²) in [7, 11) is 1.83. The Kier molecular flexibility index (Phi) is 7.19. The van der Waals surface area contributed by atoms with Gasteiger partial charge >= 0.3 is 0 Å². The summed E-state index contributed by atoms with van der Waals surface area (Å²) >= 11 is 0. The van der Waals surface area contributed by atoms with Crippen LogP contribution in [-0.2, 0) is 0 Å². The van der Waals surface area contributed by atoms with Crippen molar-refractivity contribution in [2.75, 3.05) is 23.8 Å². The second-order valence-corrected chi connectivity index (χ2v) is 4.57. The fraction of sp³-hybridized carbons (Fsp3) is 0.200. The maximum absolute atomic E-state index is 5.93. The van der Waals surface area contributed by atoms with Crippen LogP contribution in [0.25, 0.3) is 0 Å². The van der Waals surface area contributed by atoms with Gasteiger partial charge in [-0.1, -0.05) is 0 Å². The van der Waals surface area contributed by atoms with Crippen LogP contribution in [0.2, 0.25) is 0 Å². The molecular formula is C15H21Cl2N3O. The second-order valence-electron chi connectivity index (χ2n) is 4.57. The molecule has 6 heteroatoms. The summed E-state index contributed by atoms with van der Waals surface area (Å²) in [5.74, 6) is 1.51. The van der Waals surface area contributed by atoms with Gasteiger partial charge < -0.3 is 21.5 Å². The number of hydrogen-bond donors (Lipinski definition) is 3. The first-order valence-electron chi connectivity index (χ1n) is 6.13. The van der Waals surface area contributed by atoms with Crippen LogP contribution >= 0.6 is 24.8 Å². The molecule has 0 radical (unpaired) electrons. The van der Waals surface area contributed by atoms with Gasteiger partial charge in [0.15, 0.2) is 0 Å². The van der Waals surface area contributed by atoms with E-state index in [1.54, 1.807) is 0 Å². The van der Waals surface area contributed by atoms with Gasteiger partial charge in [-0.15, -0.1) is 24.8 Å². The van der Waals surface area contributed by atoms with Crippen LogP contribution in [0.4, 0.5) is 17.1 Å². The third-order valence-corrected chi connectivity index (χ3v) is 3.10. The summed E-state index contributed by atoms with van der Waals surface area (Å²) < 4.78 is 5.84. The van der Waals surface area contributed by atoms with Gasteiger partial charge in [-0.3, -0.25) is 0 Å². The molecule has 2 rings (SSSR count). The Hall–Kier alpha value is -1.78. The summed E-state index contributed by atoms with van der Waals surface area (Å²) in [5.41, 5.74) is 16.1. The maximum Gasteiger partial charge on any atom is 0.129 e. The van der Waals surface area contributed by atoms with Gasteiger partial charge in [0.2, 0.25) is 0 Å². The molecular weight excluding hydrogens is 309 g/mol. The highest BCUT2D eigenvalue weighted by atomic mass is 35.5. The minimum atomic E-state index is 0. The minimum absolute atomic E-state index is 0. The van der Waals surface area contributed by atoms with E-state index < -0.39 is 0 Å². The van der Waals surface area contributed by atoms with E-state index in [-0.39, 0.29) is 24.8 Å². The first kappa shape index (κ1) is 19.2. The molecule has 0 spiro atoms. The second kappa shape index (κ2) is 7.86. The van der Waals surface area contributed by atoms with Crippen LogP contribution in [0.1, 0.15) is 11.1 Å². The van der Waals surface area contributed by atoms with Crippen molar-refractivity contribution in [3.8, 4) is 11.5 Å². The van der Waals surface area contributed by atoms with Crippen LogP contribution < -0.4 is 21.5 Å². The zero-order valence-corrected chi connectivity index (χ0v) is 13.9. The van der Waals surface area contributed by atoms with E-state index in [1.165, 1.54) is 0 Å². The number of nitrogens with two attached hydrogens (primary N) is 2. The molecule has 0 aliphatic heterocycles. The molecule has 0 heterocycles. The molecule has 0 saturated heterocycles. The Morgan fingerprint density at radius 2 is 1.48 bits per heavy atom. The maximum atomic E-state index is 5.93. The summed E-state index contributed by atoms with van der Waals surface area (Å²) in [6.45, 7) is 3.94. The summed E-state index contributed by atoms with van der Waals surface area (Å²) in [6.07, 6.45) is 0. The summed E-state index contributed by atoms with van der Waals surface area (Å²) in [6, 6.07) is 9.39. The van der Waals surface area contributed by atoms with Gasteiger partial charge in [-0.05, 0) is 49.2 Å². The van der Waals surface area contributed by atoms with E-state index in [9.17, 15) is 0 Å². The standard InChI is InChI=1S/C15H19N3O.2ClH/c1-9-6-12(7-10(2)15(9)17)19-11-4-5-13(16)14(8-11)18-3;;/h4-8,18H,16-17H2,1-3H3;2*1H. The molecule has 0 amide bonds. The third-order valence-electron chi connectivity index (χ3n) is 3.10. The normalized spacial score (nSPS) is 9.29. The fourth-order valence-corrected chi connectivity index (χ4v) is 1.95. The highest BCUT2D eigenvalue weighted by Gasteiger charge is 2.05. The predicted molar refractivity (Wildman–Crippen MR) is 95.3 cm³/mol. The van der Waals surface area contributed by atoms with Crippen molar-refractivity contribution >= 4 is 41.9 Å². The van der Waals surface area contributed by atoms with E-state index in [4.69, 9.17) is 16.2 Å². The monoisotopic (exact) mass is 329 g/mol. The van der Waals surface area contributed by atoms with E-state index in [0.29, 0.717) is 5.69 Å². The van der Waals surface area contributed by atoms with Gasteiger partial charge in [0.25, 0.3) is 0 Å². The molecule has 21 heavy (non-hydrogen) atoms. The molecule has 4 nitrogen and oxygen atoms in total. The van der Waals surface area contributed by atoms with Crippen molar-refractivity contribution in [3.05, 3.63) is 41.5 Å². The molecule has 2 aromatic carbocycles. The topological polar surface area (TPSA) is 73.3 Å². The molecule has 0 atom stereocenters. The molecule has 0 aromatic heterocycles. The quantitative estimate of drug-likeness (QED) is 0.739. The van der Waals surface area contributed by atoms with Crippen LogP contribution in [0.5, 0.6) is 11.5 Å². The average Bonchev–Trinajstić information content (AvgIpc) is 2.38. The minimum Gasteiger partial charge on any atom is -0.457 e. The van der Waals surface area contributed by atoms with Gasteiger partial charge in [-0.25, -0.2) is 0 Å². The number of hydrogen-bond acceptors (Lipinski definition) is 4. The van der Waals surface area contributed by atoms with Crippen LogP contribution in [-0.4, -0.2) is 7.05 Å². The van der Waals surface area contributed by atoms with Gasteiger partial charge in [0.05, 0.1) is 11.4 Å². The molecule has 5 N–H and O–H groups in total. The molecule has 2 aromatic rings. The highest BCUT2D eigenvalue weighted by Crippen LogP contribution is 2.30. The molecule has 0 bridgehead atoms. The lowest BCUT2D eigenvalue weighted by Gasteiger charge is -2.12. The number of benzene rings is 2. The SMILES string of the molecule is CNc1cc(Oc2cc(C)c(N)c(C)c2)ccc1N.Cl.Cl. The number of ether oxygens (including phenoxy) is 1. The van der Waals surface area contributed by atoms with Crippen molar-refractivity contribution < 1.29 is 4.74 Å². The predicted octanol–water partition coefficient (Wildman–Crippen LogP) is 4.15. The number of nitrogen functional groups attached to an aromatic ring is 2. The van der Waals surface area contributed by atoms with Gasteiger partial charge in [-0.2, -0.15) is 0 Å². The van der Waals surface area contributed by atoms with E-state index in [1.807, 2.05) is 51.2 Å². The molecule has 0 aliphatic carbocycles. The largest absolute Gasteiger partial charge is 0.457 e. The number of nitrogens with one attached hydrogen (secondary N) is 1. The van der Waals surface area contributed by atoms with Crippen molar-refractivity contribution in [2.24, 2.45) is 0 Å². The van der Waals surface area contributed by atoms with E-state index in [0.717, 1.165) is 34.0 Å². The van der Waals surface area contributed by atoms with E-state index in [2.05, 4.69) is 5.32 Å². The third kappa shape index (κ3) is 4.34. The van der Waals surface area contributed by atoms with Crippen LogP contribution in [0.15, 0.2) is 30.3 Å². The summed E-state index contributed by atoms with van der Waals surface area (Å²) in [4.78, 5) is 0. The van der Waals surface area contributed by atoms with Gasteiger partial charge in [0, 0.05) is 18.8 Å². The average molecular weight is 330 g/mol. The molecule has 0 saturated carbocycles. The van der Waals surface area contributed by atoms with Crippen molar-refractivity contribution in [3.63, 3.8) is 0 Å². The van der Waals surface area contributed by atoms with Crippen molar-refractivity contribution in [1.82, 2.24) is 0 Å². The number of halogens is 2. The van der Waals surface area contributed by atoms with Crippen molar-refractivity contribution in [1.29, 1.82) is 0 Å². The number of rotatable bonds is 3. The Bertz CT molecular complexity index is 595. The lowest BCUT2D eigenvalue weighted by Crippen LogP contribution is -1.97. The Balaban J connectivity index is 0.00000200. The molecule has 0 fully saturated rings. The first-order valence-corrected chi connectivity index (χ1v) is 6.13. The van der Waals surface area contributed by atoms with Gasteiger partial charge in [0.1, 0.15) is 11.5 Å². The molecule has 0 unspecified atom stereocenters. The highest BCUT2D eigenvalue weighted by molar-refractivity contribution is 5.85. The molecule has 0 aliphatic rings. The Labute approximate surface area is 137 Å². The zero-order chi connectivity index (χ0) is 14.0. The Morgan fingerprint density at radius 3 is 2.00 bits per heavy atom.